The molecule has 3 atom stereocenters. The summed E-state index contributed by atoms with van der Waals surface area (Å²) in [6.07, 6.45) is 5.13. The Hall–Kier alpha value is -0.0400. The SMILES string of the molecule is CCC[C@@H](C)C[C@H](C)C[C@@H](C)CO. The van der Waals surface area contributed by atoms with E-state index >= 15 is 0 Å². The van der Waals surface area contributed by atoms with E-state index in [1.807, 2.05) is 0 Å². The Morgan fingerprint density at radius 3 is 1.92 bits per heavy atom. The van der Waals surface area contributed by atoms with Crippen LogP contribution in [0.4, 0.5) is 0 Å². The lowest BCUT2D eigenvalue weighted by atomic mass is 9.88. The Labute approximate surface area is 83.5 Å². The number of aliphatic hydroxyl groups excluding tert-OH is 1. The van der Waals surface area contributed by atoms with Crippen LogP contribution >= 0.6 is 0 Å². The largest absolute Gasteiger partial charge is 0.396 e. The Kier molecular flexibility index (Phi) is 7.35. The molecular weight excluding hydrogens is 160 g/mol. The highest BCUT2D eigenvalue weighted by atomic mass is 16.3. The minimum Gasteiger partial charge on any atom is -0.396 e. The standard InChI is InChI=1S/C12H26O/c1-5-6-10(2)7-11(3)8-12(4)9-13/h10-13H,5-9H2,1-4H3/t10-,11+,12-/m1/s1. The van der Waals surface area contributed by atoms with Crippen molar-refractivity contribution in [2.75, 3.05) is 6.61 Å². The molecule has 0 bridgehead atoms. The van der Waals surface area contributed by atoms with E-state index in [-0.39, 0.29) is 0 Å². The molecule has 0 aromatic carbocycles. The lowest BCUT2D eigenvalue weighted by molar-refractivity contribution is 0.207. The molecule has 80 valence electrons. The van der Waals surface area contributed by atoms with Crippen LogP contribution in [0.25, 0.3) is 0 Å². The summed E-state index contributed by atoms with van der Waals surface area (Å²) < 4.78 is 0. The summed E-state index contributed by atoms with van der Waals surface area (Å²) in [6.45, 7) is 9.35. The summed E-state index contributed by atoms with van der Waals surface area (Å²) in [5.41, 5.74) is 0. The van der Waals surface area contributed by atoms with Gasteiger partial charge in [0.25, 0.3) is 0 Å². The first-order valence-corrected chi connectivity index (χ1v) is 5.70. The van der Waals surface area contributed by atoms with Gasteiger partial charge in [-0.3, -0.25) is 0 Å². The third-order valence-corrected chi connectivity index (χ3v) is 2.70. The predicted molar refractivity (Wildman–Crippen MR) is 58.7 cm³/mol. The second kappa shape index (κ2) is 7.37. The third-order valence-electron chi connectivity index (χ3n) is 2.70. The van der Waals surface area contributed by atoms with Crippen LogP contribution < -0.4 is 0 Å². The third kappa shape index (κ3) is 7.06. The van der Waals surface area contributed by atoms with Gasteiger partial charge in [0.15, 0.2) is 0 Å². The molecule has 0 heterocycles. The highest BCUT2D eigenvalue weighted by Crippen LogP contribution is 2.21. The smallest absolute Gasteiger partial charge is 0.0456 e. The summed E-state index contributed by atoms with van der Waals surface area (Å²) in [5.74, 6) is 2.10. The van der Waals surface area contributed by atoms with Gasteiger partial charge < -0.3 is 5.11 Å². The maximum absolute atomic E-state index is 8.92. The zero-order valence-corrected chi connectivity index (χ0v) is 9.71. The van der Waals surface area contributed by atoms with Gasteiger partial charge in [-0.1, -0.05) is 40.5 Å². The fourth-order valence-electron chi connectivity index (χ4n) is 2.16. The molecule has 0 aliphatic carbocycles. The molecule has 0 rings (SSSR count). The fourth-order valence-corrected chi connectivity index (χ4v) is 2.16. The molecule has 0 aliphatic rings. The average molecular weight is 186 g/mol. The van der Waals surface area contributed by atoms with Crippen LogP contribution in [-0.2, 0) is 0 Å². The molecule has 0 saturated carbocycles. The number of aliphatic hydroxyl groups is 1. The molecule has 0 aromatic heterocycles. The normalized spacial score (nSPS) is 18.2. The van der Waals surface area contributed by atoms with Crippen molar-refractivity contribution in [3.05, 3.63) is 0 Å². The summed E-state index contributed by atoms with van der Waals surface area (Å²) >= 11 is 0. The Morgan fingerprint density at radius 2 is 1.46 bits per heavy atom. The maximum atomic E-state index is 8.92. The van der Waals surface area contributed by atoms with Crippen molar-refractivity contribution >= 4 is 0 Å². The van der Waals surface area contributed by atoms with Crippen molar-refractivity contribution in [2.45, 2.75) is 53.4 Å². The Bertz CT molecular complexity index is 112. The minimum absolute atomic E-state index is 0.340. The van der Waals surface area contributed by atoms with Crippen LogP contribution in [0.5, 0.6) is 0 Å². The molecule has 1 heteroatoms. The van der Waals surface area contributed by atoms with Crippen molar-refractivity contribution in [2.24, 2.45) is 17.8 Å². The van der Waals surface area contributed by atoms with Gasteiger partial charge in [-0.15, -0.1) is 0 Å². The predicted octanol–water partition coefficient (Wildman–Crippen LogP) is 3.47. The Morgan fingerprint density at radius 1 is 0.923 bits per heavy atom. The van der Waals surface area contributed by atoms with E-state index in [0.717, 1.165) is 11.8 Å². The topological polar surface area (TPSA) is 20.2 Å². The van der Waals surface area contributed by atoms with Gasteiger partial charge in [0, 0.05) is 6.61 Å². The van der Waals surface area contributed by atoms with Gasteiger partial charge in [-0.05, 0) is 30.6 Å². The van der Waals surface area contributed by atoms with E-state index in [1.165, 1.54) is 25.7 Å². The van der Waals surface area contributed by atoms with Crippen LogP contribution in [0.1, 0.15) is 53.4 Å². The highest BCUT2D eigenvalue weighted by Gasteiger charge is 2.11. The van der Waals surface area contributed by atoms with E-state index in [1.54, 1.807) is 0 Å². The van der Waals surface area contributed by atoms with Crippen LogP contribution in [0.3, 0.4) is 0 Å². The molecule has 1 nitrogen and oxygen atoms in total. The molecule has 1 N–H and O–H groups in total. The first kappa shape index (κ1) is 13.0. The van der Waals surface area contributed by atoms with Crippen molar-refractivity contribution < 1.29 is 5.11 Å². The van der Waals surface area contributed by atoms with Crippen molar-refractivity contribution in [1.29, 1.82) is 0 Å². The van der Waals surface area contributed by atoms with Gasteiger partial charge in [-0.25, -0.2) is 0 Å². The van der Waals surface area contributed by atoms with Crippen LogP contribution in [0.15, 0.2) is 0 Å². The minimum atomic E-state index is 0.340. The van der Waals surface area contributed by atoms with E-state index in [4.69, 9.17) is 5.11 Å². The van der Waals surface area contributed by atoms with Crippen molar-refractivity contribution in [1.82, 2.24) is 0 Å². The van der Waals surface area contributed by atoms with Gasteiger partial charge >= 0.3 is 0 Å². The molecule has 0 aliphatic heterocycles. The molecule has 0 fully saturated rings. The molecular formula is C12H26O. The second-order valence-electron chi connectivity index (χ2n) is 4.76. The lowest BCUT2D eigenvalue weighted by Crippen LogP contribution is -2.10. The van der Waals surface area contributed by atoms with E-state index < -0.39 is 0 Å². The number of hydrogen-bond donors (Lipinski definition) is 1. The van der Waals surface area contributed by atoms with E-state index in [9.17, 15) is 0 Å². The first-order chi connectivity index (χ1) is 6.10. The zero-order chi connectivity index (χ0) is 10.3. The first-order valence-electron chi connectivity index (χ1n) is 5.70. The summed E-state index contributed by atoms with van der Waals surface area (Å²) in [5, 5.41) is 8.92. The highest BCUT2D eigenvalue weighted by molar-refractivity contribution is 4.62. The number of hydrogen-bond acceptors (Lipinski definition) is 1. The molecule has 0 amide bonds. The van der Waals surface area contributed by atoms with Crippen molar-refractivity contribution in [3.63, 3.8) is 0 Å². The molecule has 0 spiro atoms. The van der Waals surface area contributed by atoms with Crippen LogP contribution in [-0.4, -0.2) is 11.7 Å². The van der Waals surface area contributed by atoms with Gasteiger partial charge in [0.05, 0.1) is 0 Å². The molecule has 0 radical (unpaired) electrons. The van der Waals surface area contributed by atoms with Crippen LogP contribution in [0.2, 0.25) is 0 Å². The molecule has 0 unspecified atom stereocenters. The zero-order valence-electron chi connectivity index (χ0n) is 9.71. The van der Waals surface area contributed by atoms with Gasteiger partial charge in [0.2, 0.25) is 0 Å². The van der Waals surface area contributed by atoms with Gasteiger partial charge in [-0.2, -0.15) is 0 Å². The Balaban J connectivity index is 3.54. The lowest BCUT2D eigenvalue weighted by Gasteiger charge is -2.19. The number of rotatable bonds is 7. The van der Waals surface area contributed by atoms with Gasteiger partial charge in [0.1, 0.15) is 0 Å². The average Bonchev–Trinajstić information content (AvgIpc) is 2.04. The fraction of sp³-hybridized carbons (Fsp3) is 1.00. The molecule has 0 aromatic rings. The second-order valence-corrected chi connectivity index (χ2v) is 4.76. The summed E-state index contributed by atoms with van der Waals surface area (Å²) in [4.78, 5) is 0. The summed E-state index contributed by atoms with van der Waals surface area (Å²) in [6, 6.07) is 0. The molecule has 0 saturated heterocycles. The quantitative estimate of drug-likeness (QED) is 0.645. The van der Waals surface area contributed by atoms with E-state index in [0.29, 0.717) is 12.5 Å². The van der Waals surface area contributed by atoms with Crippen molar-refractivity contribution in [3.8, 4) is 0 Å². The van der Waals surface area contributed by atoms with E-state index in [2.05, 4.69) is 27.7 Å². The maximum Gasteiger partial charge on any atom is 0.0456 e. The monoisotopic (exact) mass is 186 g/mol. The van der Waals surface area contributed by atoms with Crippen LogP contribution in [0, 0.1) is 17.8 Å². The summed E-state index contributed by atoms with van der Waals surface area (Å²) in [7, 11) is 0. The molecule has 13 heavy (non-hydrogen) atoms.